The van der Waals surface area contributed by atoms with E-state index in [2.05, 4.69) is 10.3 Å². The zero-order valence-corrected chi connectivity index (χ0v) is 12.7. The van der Waals surface area contributed by atoms with Crippen LogP contribution in [0.5, 0.6) is 0 Å². The number of amides is 1. The molecule has 1 N–H and O–H groups in total. The van der Waals surface area contributed by atoms with Gasteiger partial charge in [0.05, 0.1) is 5.52 Å². The molecule has 0 spiro atoms. The predicted molar refractivity (Wildman–Crippen MR) is 84.3 cm³/mol. The molecule has 1 aromatic heterocycles. The maximum atomic E-state index is 11.5. The number of carbonyl (C=O) groups is 1. The molecule has 0 aliphatic carbocycles. The summed E-state index contributed by atoms with van der Waals surface area (Å²) in [5.41, 5.74) is 2.08. The number of benzene rings is 1. The van der Waals surface area contributed by atoms with Gasteiger partial charge in [0, 0.05) is 49.2 Å². The number of pyridine rings is 1. The van der Waals surface area contributed by atoms with Crippen LogP contribution in [0.1, 0.15) is 18.4 Å². The molecule has 1 saturated heterocycles. The van der Waals surface area contributed by atoms with Crippen molar-refractivity contribution in [1.29, 1.82) is 0 Å². The summed E-state index contributed by atoms with van der Waals surface area (Å²) in [4.78, 5) is 17.7. The van der Waals surface area contributed by atoms with Crippen LogP contribution in [0.4, 0.5) is 0 Å². The molecule has 3 rings (SSSR count). The van der Waals surface area contributed by atoms with Crippen molar-refractivity contribution in [2.75, 3.05) is 13.6 Å². The van der Waals surface area contributed by atoms with Crippen LogP contribution in [0.2, 0.25) is 5.02 Å². The third-order valence-electron chi connectivity index (χ3n) is 3.96. The van der Waals surface area contributed by atoms with Gasteiger partial charge < -0.3 is 10.2 Å². The van der Waals surface area contributed by atoms with Crippen molar-refractivity contribution < 1.29 is 4.79 Å². The number of fused-ring (bicyclic) bond motifs is 1. The minimum absolute atomic E-state index is 0.225. The van der Waals surface area contributed by atoms with Gasteiger partial charge in [0.1, 0.15) is 0 Å². The summed E-state index contributed by atoms with van der Waals surface area (Å²) in [7, 11) is 1.85. The van der Waals surface area contributed by atoms with E-state index in [0.29, 0.717) is 19.0 Å². The maximum absolute atomic E-state index is 11.5. The van der Waals surface area contributed by atoms with E-state index in [0.717, 1.165) is 34.5 Å². The molecule has 1 atom stereocenters. The lowest BCUT2D eigenvalue weighted by Gasteiger charge is -2.30. The number of hydrogen-bond donors (Lipinski definition) is 1. The molecule has 2 heterocycles. The van der Waals surface area contributed by atoms with E-state index in [9.17, 15) is 4.79 Å². The van der Waals surface area contributed by atoms with Gasteiger partial charge >= 0.3 is 0 Å². The van der Waals surface area contributed by atoms with Crippen LogP contribution in [0.15, 0.2) is 30.5 Å². The lowest BCUT2D eigenvalue weighted by molar-refractivity contribution is -0.132. The Labute approximate surface area is 129 Å². The minimum atomic E-state index is 0.225. The van der Waals surface area contributed by atoms with E-state index in [1.165, 1.54) is 0 Å². The number of carbonyl (C=O) groups excluding carboxylic acids is 1. The number of rotatable bonds is 3. The van der Waals surface area contributed by atoms with Crippen molar-refractivity contribution in [3.63, 3.8) is 0 Å². The van der Waals surface area contributed by atoms with Crippen molar-refractivity contribution >= 4 is 28.4 Å². The third kappa shape index (κ3) is 3.17. The topological polar surface area (TPSA) is 45.2 Å². The van der Waals surface area contributed by atoms with Gasteiger partial charge in [-0.15, -0.1) is 0 Å². The average molecular weight is 304 g/mol. The van der Waals surface area contributed by atoms with Crippen molar-refractivity contribution in [3.8, 4) is 0 Å². The fraction of sp³-hybridized carbons (Fsp3) is 0.375. The second-order valence-corrected chi connectivity index (χ2v) is 5.97. The zero-order chi connectivity index (χ0) is 14.8. The maximum Gasteiger partial charge on any atom is 0.222 e. The summed E-state index contributed by atoms with van der Waals surface area (Å²) in [6, 6.07) is 8.15. The first-order chi connectivity index (χ1) is 10.1. The number of likely N-dealkylation sites (tertiary alicyclic amines) is 1. The van der Waals surface area contributed by atoms with Crippen molar-refractivity contribution in [3.05, 3.63) is 41.0 Å². The van der Waals surface area contributed by atoms with Crippen LogP contribution in [0.3, 0.4) is 0 Å². The van der Waals surface area contributed by atoms with Gasteiger partial charge in [-0.05, 0) is 30.2 Å². The Balaban J connectivity index is 1.75. The van der Waals surface area contributed by atoms with Crippen LogP contribution >= 0.6 is 11.6 Å². The zero-order valence-electron chi connectivity index (χ0n) is 12.0. The number of aromatic nitrogens is 1. The van der Waals surface area contributed by atoms with Crippen LogP contribution < -0.4 is 5.32 Å². The molecule has 5 heteroatoms. The molecular formula is C16H18ClN3O. The van der Waals surface area contributed by atoms with Gasteiger partial charge in [-0.3, -0.25) is 9.78 Å². The van der Waals surface area contributed by atoms with E-state index in [-0.39, 0.29) is 5.91 Å². The Kier molecular flexibility index (Phi) is 4.08. The van der Waals surface area contributed by atoms with E-state index in [1.807, 2.05) is 31.3 Å². The van der Waals surface area contributed by atoms with Crippen LogP contribution in [-0.2, 0) is 11.3 Å². The molecule has 0 saturated carbocycles. The van der Waals surface area contributed by atoms with Gasteiger partial charge in [0.15, 0.2) is 0 Å². The summed E-state index contributed by atoms with van der Waals surface area (Å²) in [6.45, 7) is 1.46. The molecule has 4 nitrogen and oxygen atoms in total. The van der Waals surface area contributed by atoms with Crippen LogP contribution in [0.25, 0.3) is 10.9 Å². The van der Waals surface area contributed by atoms with Gasteiger partial charge in [0.2, 0.25) is 5.91 Å². The molecule has 1 aromatic carbocycles. The summed E-state index contributed by atoms with van der Waals surface area (Å²) < 4.78 is 0. The Morgan fingerprint density at radius 2 is 2.33 bits per heavy atom. The molecule has 2 aromatic rings. The predicted octanol–water partition coefficient (Wildman–Crippen LogP) is 2.60. The first kappa shape index (κ1) is 14.3. The Bertz CT molecular complexity index is 674. The van der Waals surface area contributed by atoms with Crippen molar-refractivity contribution in [1.82, 2.24) is 15.2 Å². The molecule has 0 bridgehead atoms. The Hall–Kier alpha value is -1.65. The molecule has 1 aliphatic heterocycles. The SMILES string of the molecule is CN1C[C@H](NCc2cc(Cl)cc3cccnc23)CCC1=O. The number of likely N-dealkylation sites (N-methyl/N-ethyl adjacent to an activating group) is 1. The van der Waals surface area contributed by atoms with Crippen molar-refractivity contribution in [2.45, 2.75) is 25.4 Å². The molecule has 1 amide bonds. The lowest BCUT2D eigenvalue weighted by Crippen LogP contribution is -2.46. The van der Waals surface area contributed by atoms with Crippen LogP contribution in [-0.4, -0.2) is 35.4 Å². The lowest BCUT2D eigenvalue weighted by atomic mass is 10.0. The molecule has 0 radical (unpaired) electrons. The largest absolute Gasteiger partial charge is 0.344 e. The standard InChI is InChI=1S/C16H18ClN3O/c1-20-10-14(4-5-15(20)21)19-9-12-8-13(17)7-11-3-2-6-18-16(11)12/h2-3,6-8,14,19H,4-5,9-10H2,1H3/t14-/m1/s1. The van der Waals surface area contributed by atoms with Crippen molar-refractivity contribution in [2.24, 2.45) is 0 Å². The molecule has 110 valence electrons. The molecule has 1 fully saturated rings. The number of nitrogens with zero attached hydrogens (tertiary/aromatic N) is 2. The van der Waals surface area contributed by atoms with Crippen LogP contribution in [0, 0.1) is 0 Å². The van der Waals surface area contributed by atoms with E-state index in [4.69, 9.17) is 11.6 Å². The third-order valence-corrected chi connectivity index (χ3v) is 4.17. The van der Waals surface area contributed by atoms with Gasteiger partial charge in [-0.1, -0.05) is 17.7 Å². The summed E-state index contributed by atoms with van der Waals surface area (Å²) in [6.07, 6.45) is 3.30. The Morgan fingerprint density at radius 3 is 3.14 bits per heavy atom. The highest BCUT2D eigenvalue weighted by molar-refractivity contribution is 6.31. The monoisotopic (exact) mass is 303 g/mol. The normalized spacial score (nSPS) is 19.2. The van der Waals surface area contributed by atoms with E-state index >= 15 is 0 Å². The fourth-order valence-corrected chi connectivity index (χ4v) is 3.04. The average Bonchev–Trinajstić information content (AvgIpc) is 2.48. The Morgan fingerprint density at radius 1 is 1.48 bits per heavy atom. The minimum Gasteiger partial charge on any atom is -0.344 e. The molecule has 1 aliphatic rings. The fourth-order valence-electron chi connectivity index (χ4n) is 2.80. The number of piperidine rings is 1. The first-order valence-corrected chi connectivity index (χ1v) is 7.52. The molecule has 0 unspecified atom stereocenters. The highest BCUT2D eigenvalue weighted by Gasteiger charge is 2.22. The summed E-state index contributed by atoms with van der Waals surface area (Å²) in [5.74, 6) is 0.225. The molecule has 21 heavy (non-hydrogen) atoms. The van der Waals surface area contributed by atoms with E-state index in [1.54, 1.807) is 11.1 Å². The van der Waals surface area contributed by atoms with E-state index < -0.39 is 0 Å². The quantitative estimate of drug-likeness (QED) is 0.948. The second kappa shape index (κ2) is 6.00. The van der Waals surface area contributed by atoms with Gasteiger partial charge in [-0.2, -0.15) is 0 Å². The number of halogens is 1. The molecular weight excluding hydrogens is 286 g/mol. The van der Waals surface area contributed by atoms with Gasteiger partial charge in [-0.25, -0.2) is 0 Å². The van der Waals surface area contributed by atoms with Gasteiger partial charge in [0.25, 0.3) is 0 Å². The first-order valence-electron chi connectivity index (χ1n) is 7.14. The summed E-state index contributed by atoms with van der Waals surface area (Å²) >= 11 is 6.18. The highest BCUT2D eigenvalue weighted by Crippen LogP contribution is 2.22. The number of nitrogens with one attached hydrogen (secondary N) is 1. The number of hydrogen-bond acceptors (Lipinski definition) is 3. The second-order valence-electron chi connectivity index (χ2n) is 5.53. The highest BCUT2D eigenvalue weighted by atomic mass is 35.5. The summed E-state index contributed by atoms with van der Waals surface area (Å²) in [5, 5.41) is 5.29. The smallest absolute Gasteiger partial charge is 0.222 e.